The van der Waals surface area contributed by atoms with Crippen LogP contribution in [0.5, 0.6) is 5.88 Å². The van der Waals surface area contributed by atoms with Crippen molar-refractivity contribution in [3.63, 3.8) is 0 Å². The van der Waals surface area contributed by atoms with Gasteiger partial charge < -0.3 is 30.0 Å². The van der Waals surface area contributed by atoms with E-state index in [1.807, 2.05) is 4.90 Å². The number of rotatable bonds is 10. The minimum Gasteiger partial charge on any atom is -0.467 e. The van der Waals surface area contributed by atoms with E-state index in [4.69, 9.17) is 4.74 Å². The van der Waals surface area contributed by atoms with Gasteiger partial charge in [0.1, 0.15) is 12.1 Å². The molecule has 0 bridgehead atoms. The average molecular weight is 460 g/mol. The van der Waals surface area contributed by atoms with E-state index in [1.54, 1.807) is 0 Å². The zero-order chi connectivity index (χ0) is 23.7. The predicted molar refractivity (Wildman–Crippen MR) is 105 cm³/mol. The summed E-state index contributed by atoms with van der Waals surface area (Å²) in [5, 5.41) is 15.4. The second kappa shape index (κ2) is 12.2. The van der Waals surface area contributed by atoms with E-state index in [2.05, 4.69) is 25.1 Å². The van der Waals surface area contributed by atoms with Crippen molar-refractivity contribution in [1.82, 2.24) is 20.5 Å². The third-order valence-corrected chi connectivity index (χ3v) is 4.62. The molecular formula is C19H26F2N4O7. The van der Waals surface area contributed by atoms with Crippen molar-refractivity contribution in [1.29, 1.82) is 0 Å². The highest BCUT2D eigenvalue weighted by Gasteiger charge is 2.32. The molecule has 3 atom stereocenters. The Morgan fingerprint density at radius 1 is 1.25 bits per heavy atom. The van der Waals surface area contributed by atoms with Gasteiger partial charge in [0.2, 0.25) is 17.7 Å². The zero-order valence-electron chi connectivity index (χ0n) is 17.6. The maximum absolute atomic E-state index is 12.5. The molecule has 1 saturated heterocycles. The SMILES string of the molecule is COC(=O)[C@@H](NC(=O)[C@H](C)NC(=O)CN1CCOCC1)[C@H](O)c1ccc(OC(F)F)nc1. The molecule has 0 aromatic carbocycles. The number of methoxy groups -OCH3 is 1. The average Bonchev–Trinajstić information content (AvgIpc) is 2.77. The predicted octanol–water partition coefficient (Wildman–Crippen LogP) is -0.789. The van der Waals surface area contributed by atoms with E-state index in [0.29, 0.717) is 26.3 Å². The van der Waals surface area contributed by atoms with Crippen molar-refractivity contribution < 1.29 is 42.5 Å². The summed E-state index contributed by atoms with van der Waals surface area (Å²) < 4.78 is 38.5. The van der Waals surface area contributed by atoms with Gasteiger partial charge in [-0.05, 0) is 13.0 Å². The van der Waals surface area contributed by atoms with Crippen molar-refractivity contribution >= 4 is 17.8 Å². The summed E-state index contributed by atoms with van der Waals surface area (Å²) in [4.78, 5) is 42.3. The quantitative estimate of drug-likeness (QED) is 0.383. The monoisotopic (exact) mass is 460 g/mol. The first-order chi connectivity index (χ1) is 15.2. The molecule has 0 spiro atoms. The summed E-state index contributed by atoms with van der Waals surface area (Å²) in [5.41, 5.74) is 0.0475. The number of ether oxygens (including phenoxy) is 3. The van der Waals surface area contributed by atoms with Crippen molar-refractivity contribution in [2.45, 2.75) is 31.7 Å². The standard InChI is InChI=1S/C19H26F2N4O7/c1-11(23-13(26)10-25-5-7-31-8-6-25)17(28)24-15(18(29)30-2)16(27)12-3-4-14(22-9-12)32-19(20)21/h3-4,9,11,15-16,19,27H,5-8,10H2,1-2H3,(H,23,26)(H,24,28)/t11-,15-,16+/m0/s1. The Bertz CT molecular complexity index is 775. The molecule has 0 radical (unpaired) electrons. The highest BCUT2D eigenvalue weighted by Crippen LogP contribution is 2.20. The molecule has 178 valence electrons. The van der Waals surface area contributed by atoms with E-state index in [-0.39, 0.29) is 23.9 Å². The molecule has 1 aromatic heterocycles. The lowest BCUT2D eigenvalue weighted by Crippen LogP contribution is -2.54. The van der Waals surface area contributed by atoms with Gasteiger partial charge >= 0.3 is 12.6 Å². The second-order valence-electron chi connectivity index (χ2n) is 6.94. The molecule has 13 heteroatoms. The highest BCUT2D eigenvalue weighted by atomic mass is 19.3. The van der Waals surface area contributed by atoms with Crippen LogP contribution in [-0.2, 0) is 23.9 Å². The van der Waals surface area contributed by atoms with Gasteiger partial charge in [-0.1, -0.05) is 0 Å². The molecule has 0 aliphatic carbocycles. The van der Waals surface area contributed by atoms with Crippen LogP contribution in [0.15, 0.2) is 18.3 Å². The van der Waals surface area contributed by atoms with Crippen LogP contribution >= 0.6 is 0 Å². The summed E-state index contributed by atoms with van der Waals surface area (Å²) in [6.45, 7) is 0.673. The summed E-state index contributed by atoms with van der Waals surface area (Å²) >= 11 is 0. The minimum absolute atomic E-state index is 0.0475. The van der Waals surface area contributed by atoms with Crippen LogP contribution in [0.2, 0.25) is 0 Å². The van der Waals surface area contributed by atoms with E-state index in [1.165, 1.54) is 13.0 Å². The van der Waals surface area contributed by atoms with E-state index in [9.17, 15) is 28.3 Å². The van der Waals surface area contributed by atoms with Crippen LogP contribution in [0, 0.1) is 0 Å². The summed E-state index contributed by atoms with van der Waals surface area (Å²) in [6.07, 6.45) is -0.575. The van der Waals surface area contributed by atoms with Crippen molar-refractivity contribution in [2.24, 2.45) is 0 Å². The number of aliphatic hydroxyl groups is 1. The Hall–Kier alpha value is -2.90. The fourth-order valence-corrected chi connectivity index (χ4v) is 2.91. The molecule has 0 unspecified atom stereocenters. The number of carbonyl (C=O) groups excluding carboxylic acids is 3. The van der Waals surface area contributed by atoms with Gasteiger partial charge in [0.15, 0.2) is 6.04 Å². The molecule has 2 amide bonds. The number of morpholine rings is 1. The number of hydrogen-bond donors (Lipinski definition) is 3. The Labute approximate surface area is 183 Å². The van der Waals surface area contributed by atoms with Crippen LogP contribution in [-0.4, -0.2) is 91.4 Å². The maximum Gasteiger partial charge on any atom is 0.388 e. The Balaban J connectivity index is 1.98. The lowest BCUT2D eigenvalue weighted by Gasteiger charge is -2.27. The number of hydrogen-bond acceptors (Lipinski definition) is 9. The minimum atomic E-state index is -3.07. The van der Waals surface area contributed by atoms with Crippen LogP contribution in [0.3, 0.4) is 0 Å². The van der Waals surface area contributed by atoms with Gasteiger partial charge in [-0.3, -0.25) is 14.5 Å². The molecule has 11 nitrogen and oxygen atoms in total. The number of carbonyl (C=O) groups is 3. The number of pyridine rings is 1. The molecule has 1 aliphatic heterocycles. The molecule has 1 aromatic rings. The first kappa shape index (κ1) is 25.4. The van der Waals surface area contributed by atoms with Crippen molar-refractivity contribution in [3.05, 3.63) is 23.9 Å². The van der Waals surface area contributed by atoms with Gasteiger partial charge in [0.05, 0.1) is 26.9 Å². The van der Waals surface area contributed by atoms with Gasteiger partial charge in [-0.2, -0.15) is 8.78 Å². The number of alkyl halides is 2. The molecule has 0 saturated carbocycles. The summed E-state index contributed by atoms with van der Waals surface area (Å²) in [6, 6.07) is -0.252. The third kappa shape index (κ3) is 7.66. The summed E-state index contributed by atoms with van der Waals surface area (Å²) in [5.74, 6) is -2.46. The number of nitrogens with one attached hydrogen (secondary N) is 2. The van der Waals surface area contributed by atoms with E-state index in [0.717, 1.165) is 19.4 Å². The molecule has 32 heavy (non-hydrogen) atoms. The molecule has 1 fully saturated rings. The number of halogens is 2. The van der Waals surface area contributed by atoms with Crippen molar-refractivity contribution in [2.75, 3.05) is 40.0 Å². The van der Waals surface area contributed by atoms with Crippen LogP contribution in [0.1, 0.15) is 18.6 Å². The molecule has 1 aliphatic rings. The van der Waals surface area contributed by atoms with Crippen LogP contribution < -0.4 is 15.4 Å². The van der Waals surface area contributed by atoms with Crippen LogP contribution in [0.25, 0.3) is 0 Å². The summed E-state index contributed by atoms with van der Waals surface area (Å²) in [7, 11) is 1.07. The number of aromatic nitrogens is 1. The zero-order valence-corrected chi connectivity index (χ0v) is 17.6. The Kier molecular flexibility index (Phi) is 9.68. The third-order valence-electron chi connectivity index (χ3n) is 4.62. The molecular weight excluding hydrogens is 434 g/mol. The number of amides is 2. The van der Waals surface area contributed by atoms with Crippen LogP contribution in [0.4, 0.5) is 8.78 Å². The smallest absolute Gasteiger partial charge is 0.388 e. The number of esters is 1. The lowest BCUT2D eigenvalue weighted by molar-refractivity contribution is -0.148. The normalized spacial score (nSPS) is 17.2. The first-order valence-electron chi connectivity index (χ1n) is 9.77. The largest absolute Gasteiger partial charge is 0.467 e. The first-order valence-corrected chi connectivity index (χ1v) is 9.77. The molecule has 2 heterocycles. The van der Waals surface area contributed by atoms with Crippen molar-refractivity contribution in [3.8, 4) is 5.88 Å². The van der Waals surface area contributed by atoms with Gasteiger partial charge in [-0.25, -0.2) is 9.78 Å². The maximum atomic E-state index is 12.5. The Morgan fingerprint density at radius 2 is 1.94 bits per heavy atom. The topological polar surface area (TPSA) is 139 Å². The van der Waals surface area contributed by atoms with Gasteiger partial charge in [0.25, 0.3) is 0 Å². The number of nitrogens with zero attached hydrogens (tertiary/aromatic N) is 2. The number of aliphatic hydroxyl groups excluding tert-OH is 1. The van der Waals surface area contributed by atoms with E-state index < -0.39 is 36.7 Å². The lowest BCUT2D eigenvalue weighted by atomic mass is 10.0. The van der Waals surface area contributed by atoms with Gasteiger partial charge in [0, 0.05) is 30.9 Å². The fourth-order valence-electron chi connectivity index (χ4n) is 2.91. The van der Waals surface area contributed by atoms with E-state index >= 15 is 0 Å². The highest BCUT2D eigenvalue weighted by molar-refractivity contribution is 5.91. The fraction of sp³-hybridized carbons (Fsp3) is 0.579. The van der Waals surface area contributed by atoms with Gasteiger partial charge in [-0.15, -0.1) is 0 Å². The Morgan fingerprint density at radius 3 is 2.50 bits per heavy atom. The second-order valence-corrected chi connectivity index (χ2v) is 6.94. The molecule has 2 rings (SSSR count). The molecule has 3 N–H and O–H groups in total.